The molecular weight excluding hydrogens is 228 g/mol. The maximum absolute atomic E-state index is 5.94. The Morgan fingerprint density at radius 2 is 1.18 bits per heavy atom. The van der Waals surface area contributed by atoms with Crippen molar-refractivity contribution in [3.05, 3.63) is 13.2 Å². The highest BCUT2D eigenvalue weighted by Gasteiger charge is 2.30. The van der Waals surface area contributed by atoms with Crippen LogP contribution in [0.2, 0.25) is 5.04 Å². The normalized spacial score (nSPS) is 11.9. The van der Waals surface area contributed by atoms with Crippen LogP contribution < -0.4 is 0 Å². The quantitative estimate of drug-likeness (QED) is 0.527. The maximum Gasteiger partial charge on any atom is 0.327 e. The second-order valence-electron chi connectivity index (χ2n) is 6.15. The van der Waals surface area contributed by atoms with Gasteiger partial charge in [0.1, 0.15) is 0 Å². The number of hydrogen-bond donors (Lipinski definition) is 0. The van der Waals surface area contributed by atoms with Crippen LogP contribution >= 0.6 is 0 Å². The van der Waals surface area contributed by atoms with Crippen molar-refractivity contribution >= 4 is 9.28 Å². The van der Waals surface area contributed by atoms with E-state index in [4.69, 9.17) is 8.85 Å². The molecule has 0 N–H and O–H groups in total. The van der Waals surface area contributed by atoms with Gasteiger partial charge in [0, 0.05) is 18.3 Å². The Morgan fingerprint density at radius 1 is 0.882 bits per heavy atom. The molecule has 0 saturated heterocycles. The van der Waals surface area contributed by atoms with Gasteiger partial charge in [-0.1, -0.05) is 48.5 Å². The van der Waals surface area contributed by atoms with Crippen molar-refractivity contribution in [3.8, 4) is 0 Å². The minimum atomic E-state index is -1.53. The van der Waals surface area contributed by atoms with Crippen molar-refractivity contribution in [1.29, 1.82) is 0 Å². The molecule has 0 rings (SSSR count). The van der Waals surface area contributed by atoms with E-state index in [9.17, 15) is 0 Å². The molecular formula is C14H32O2Si. The van der Waals surface area contributed by atoms with Crippen LogP contribution in [-0.2, 0) is 8.85 Å². The zero-order chi connectivity index (χ0) is 14.1. The van der Waals surface area contributed by atoms with Gasteiger partial charge in [-0.25, -0.2) is 0 Å². The topological polar surface area (TPSA) is 18.5 Å². The van der Waals surface area contributed by atoms with Gasteiger partial charge >= 0.3 is 9.28 Å². The molecule has 0 aliphatic rings. The van der Waals surface area contributed by atoms with E-state index >= 15 is 0 Å². The SMILES string of the molecule is C=C.CC(C)CO[SiH](OCC(C)C)C(C)(C)C. The van der Waals surface area contributed by atoms with Crippen LogP contribution in [0.4, 0.5) is 0 Å². The summed E-state index contributed by atoms with van der Waals surface area (Å²) in [6.07, 6.45) is 0. The van der Waals surface area contributed by atoms with Crippen LogP contribution in [0.1, 0.15) is 48.5 Å². The molecule has 0 saturated carbocycles. The molecule has 0 aliphatic carbocycles. The molecule has 0 fully saturated rings. The molecule has 0 unspecified atom stereocenters. The molecule has 17 heavy (non-hydrogen) atoms. The summed E-state index contributed by atoms with van der Waals surface area (Å²) in [6.45, 7) is 23.0. The highest BCUT2D eigenvalue weighted by atomic mass is 28.3. The predicted octanol–water partition coefficient (Wildman–Crippen LogP) is 4.15. The summed E-state index contributed by atoms with van der Waals surface area (Å²) in [5, 5.41) is 0.184. The Labute approximate surface area is 110 Å². The Balaban J connectivity index is 0. The van der Waals surface area contributed by atoms with Gasteiger partial charge in [-0.15, -0.1) is 13.2 Å². The summed E-state index contributed by atoms with van der Waals surface area (Å²) in [6, 6.07) is 0. The molecule has 0 aliphatic heterocycles. The van der Waals surface area contributed by atoms with Crippen molar-refractivity contribution in [2.45, 2.75) is 53.5 Å². The molecule has 0 heterocycles. The molecule has 2 nitrogen and oxygen atoms in total. The first-order valence-electron chi connectivity index (χ1n) is 6.46. The average Bonchev–Trinajstić information content (AvgIpc) is 2.17. The number of rotatable bonds is 6. The molecule has 104 valence electrons. The maximum atomic E-state index is 5.94. The smallest absolute Gasteiger partial charge is 0.327 e. The van der Waals surface area contributed by atoms with E-state index in [2.05, 4.69) is 61.6 Å². The molecule has 0 aromatic carbocycles. The summed E-state index contributed by atoms with van der Waals surface area (Å²) >= 11 is 0. The standard InChI is InChI=1S/C12H28O2Si.C2H4/c1-10(2)8-13-15(12(5,6)7)14-9-11(3)4;1-2/h10-11,15H,8-9H2,1-7H3;1-2H2. The number of hydrogen-bond acceptors (Lipinski definition) is 2. The van der Waals surface area contributed by atoms with Crippen LogP contribution in [0.5, 0.6) is 0 Å². The van der Waals surface area contributed by atoms with E-state index in [0.717, 1.165) is 13.2 Å². The van der Waals surface area contributed by atoms with Crippen LogP contribution in [-0.4, -0.2) is 22.5 Å². The Morgan fingerprint density at radius 3 is 1.35 bits per heavy atom. The van der Waals surface area contributed by atoms with Gasteiger partial charge in [0.15, 0.2) is 0 Å². The highest BCUT2D eigenvalue weighted by Crippen LogP contribution is 2.28. The van der Waals surface area contributed by atoms with Crippen molar-refractivity contribution < 1.29 is 8.85 Å². The molecule has 0 radical (unpaired) electrons. The first-order chi connectivity index (χ1) is 7.73. The fraction of sp³-hybridized carbons (Fsp3) is 0.857. The third kappa shape index (κ3) is 12.1. The van der Waals surface area contributed by atoms with Crippen LogP contribution in [0.3, 0.4) is 0 Å². The Bertz CT molecular complexity index is 162. The molecule has 0 spiro atoms. The fourth-order valence-electron chi connectivity index (χ4n) is 1.11. The van der Waals surface area contributed by atoms with Crippen molar-refractivity contribution in [2.75, 3.05) is 13.2 Å². The summed E-state index contributed by atoms with van der Waals surface area (Å²) in [7, 11) is -1.53. The fourth-order valence-corrected chi connectivity index (χ4v) is 3.32. The Hall–Kier alpha value is -0.123. The summed E-state index contributed by atoms with van der Waals surface area (Å²) in [4.78, 5) is 0. The lowest BCUT2D eigenvalue weighted by Crippen LogP contribution is -2.35. The van der Waals surface area contributed by atoms with Gasteiger partial charge in [0.25, 0.3) is 0 Å². The minimum Gasteiger partial charge on any atom is -0.396 e. The predicted molar refractivity (Wildman–Crippen MR) is 79.7 cm³/mol. The lowest BCUT2D eigenvalue weighted by Gasteiger charge is -2.29. The first kappa shape index (κ1) is 19.2. The summed E-state index contributed by atoms with van der Waals surface area (Å²) in [5.41, 5.74) is 0. The zero-order valence-electron chi connectivity index (χ0n) is 12.9. The van der Waals surface area contributed by atoms with Crippen LogP contribution in [0.25, 0.3) is 0 Å². The molecule has 0 atom stereocenters. The monoisotopic (exact) mass is 260 g/mol. The molecule has 0 aromatic heterocycles. The largest absolute Gasteiger partial charge is 0.396 e. The van der Waals surface area contributed by atoms with Gasteiger partial charge < -0.3 is 8.85 Å². The van der Waals surface area contributed by atoms with E-state index < -0.39 is 9.28 Å². The third-order valence-corrected chi connectivity index (χ3v) is 4.27. The zero-order valence-corrected chi connectivity index (χ0v) is 14.0. The van der Waals surface area contributed by atoms with E-state index in [0.29, 0.717) is 11.8 Å². The molecule has 3 heteroatoms. The second-order valence-corrected chi connectivity index (χ2v) is 9.21. The molecule has 0 bridgehead atoms. The van der Waals surface area contributed by atoms with Crippen molar-refractivity contribution in [1.82, 2.24) is 0 Å². The van der Waals surface area contributed by atoms with Gasteiger partial charge in [0.2, 0.25) is 0 Å². The van der Waals surface area contributed by atoms with Crippen molar-refractivity contribution in [2.24, 2.45) is 11.8 Å². The molecule has 0 amide bonds. The van der Waals surface area contributed by atoms with Gasteiger partial charge in [-0.05, 0) is 11.8 Å². The third-order valence-electron chi connectivity index (χ3n) is 1.87. The van der Waals surface area contributed by atoms with Gasteiger partial charge in [0.05, 0.1) is 0 Å². The summed E-state index contributed by atoms with van der Waals surface area (Å²) < 4.78 is 11.9. The van der Waals surface area contributed by atoms with Crippen molar-refractivity contribution in [3.63, 3.8) is 0 Å². The molecule has 0 aromatic rings. The first-order valence-corrected chi connectivity index (χ1v) is 7.98. The van der Waals surface area contributed by atoms with Crippen LogP contribution in [0, 0.1) is 11.8 Å². The van der Waals surface area contributed by atoms with E-state index in [1.807, 2.05) is 0 Å². The van der Waals surface area contributed by atoms with Gasteiger partial charge in [-0.3, -0.25) is 0 Å². The van der Waals surface area contributed by atoms with E-state index in [-0.39, 0.29) is 5.04 Å². The van der Waals surface area contributed by atoms with Crippen LogP contribution in [0.15, 0.2) is 13.2 Å². The lowest BCUT2D eigenvalue weighted by molar-refractivity contribution is 0.148. The minimum absolute atomic E-state index is 0.184. The van der Waals surface area contributed by atoms with E-state index in [1.165, 1.54) is 0 Å². The Kier molecular flexibility index (Phi) is 11.2. The highest BCUT2D eigenvalue weighted by molar-refractivity contribution is 6.48. The van der Waals surface area contributed by atoms with Gasteiger partial charge in [-0.2, -0.15) is 0 Å². The van der Waals surface area contributed by atoms with E-state index in [1.54, 1.807) is 0 Å². The lowest BCUT2D eigenvalue weighted by atomic mass is 10.2. The second kappa shape index (κ2) is 9.86. The average molecular weight is 260 g/mol. The summed E-state index contributed by atoms with van der Waals surface area (Å²) in [5.74, 6) is 1.18.